The molecule has 0 radical (unpaired) electrons. The first-order valence-electron chi connectivity index (χ1n) is 6.95. The zero-order valence-corrected chi connectivity index (χ0v) is 14.0. The van der Waals surface area contributed by atoms with Crippen molar-refractivity contribution in [1.29, 1.82) is 0 Å². The van der Waals surface area contributed by atoms with Crippen LogP contribution in [-0.2, 0) is 14.2 Å². The number of ether oxygens (including phenoxy) is 3. The number of anilines is 3. The lowest BCUT2D eigenvalue weighted by Gasteiger charge is -2.26. The molecule has 138 valence electrons. The monoisotopic (exact) mass is 348 g/mol. The summed E-state index contributed by atoms with van der Waals surface area (Å²) in [5.74, 6) is 0.301. The first-order valence-corrected chi connectivity index (χ1v) is 6.95. The molecular weight excluding hydrogens is 324 g/mol. The molecule has 1 aromatic rings. The molecule has 0 fully saturated rings. The summed E-state index contributed by atoms with van der Waals surface area (Å²) >= 11 is 0. The predicted molar refractivity (Wildman–Crippen MR) is 84.1 cm³/mol. The highest BCUT2D eigenvalue weighted by molar-refractivity contribution is 5.45. The number of methoxy groups -OCH3 is 3. The van der Waals surface area contributed by atoms with Crippen LogP contribution >= 0.6 is 0 Å². The second kappa shape index (κ2) is 10.9. The second-order valence-electron chi connectivity index (χ2n) is 4.53. The molecule has 0 atom stereocenters. The summed E-state index contributed by atoms with van der Waals surface area (Å²) in [5.41, 5.74) is 0. The lowest BCUT2D eigenvalue weighted by atomic mass is 10.6. The molecule has 12 nitrogen and oxygen atoms in total. The minimum Gasteiger partial charge on any atom is -0.376 e. The van der Waals surface area contributed by atoms with Gasteiger partial charge in [-0.25, -0.2) is 0 Å². The van der Waals surface area contributed by atoms with E-state index in [0.717, 1.165) is 4.90 Å². The maximum atomic E-state index is 9.46. The first-order chi connectivity index (χ1) is 11.6. The average molecular weight is 348 g/mol. The molecule has 1 aromatic heterocycles. The third-order valence-electron chi connectivity index (χ3n) is 2.82. The van der Waals surface area contributed by atoms with Crippen LogP contribution in [0.4, 0.5) is 17.8 Å². The van der Waals surface area contributed by atoms with E-state index >= 15 is 0 Å². The van der Waals surface area contributed by atoms with E-state index in [1.54, 1.807) is 4.90 Å². The van der Waals surface area contributed by atoms with Crippen LogP contribution < -0.4 is 14.7 Å². The minimum absolute atomic E-state index is 0.0201. The number of hydrogen-bond acceptors (Lipinski definition) is 12. The van der Waals surface area contributed by atoms with Crippen molar-refractivity contribution < 1.29 is 29.5 Å². The standard InChI is InChI=1S/C12H24N6O6/c1-22-7-17(6-21)11-13-10(16(4-19)5-20)14-12(15-11)18(8-23-2)9-24-3/h19-21H,4-9H2,1-3H3. The number of aliphatic hydroxyl groups is 3. The molecule has 0 amide bonds. The van der Waals surface area contributed by atoms with Gasteiger partial charge < -0.3 is 29.5 Å². The Morgan fingerprint density at radius 2 is 0.958 bits per heavy atom. The molecule has 0 aliphatic carbocycles. The fraction of sp³-hybridized carbons (Fsp3) is 0.750. The van der Waals surface area contributed by atoms with Gasteiger partial charge in [-0.15, -0.1) is 0 Å². The third kappa shape index (κ3) is 5.36. The van der Waals surface area contributed by atoms with Crippen molar-refractivity contribution in [2.45, 2.75) is 0 Å². The van der Waals surface area contributed by atoms with E-state index in [-0.39, 0.29) is 38.0 Å². The molecule has 0 bridgehead atoms. The van der Waals surface area contributed by atoms with E-state index < -0.39 is 20.2 Å². The molecule has 0 unspecified atom stereocenters. The average Bonchev–Trinajstić information content (AvgIpc) is 2.60. The normalized spacial score (nSPS) is 10.8. The Labute approximate surface area is 139 Å². The van der Waals surface area contributed by atoms with Gasteiger partial charge in [-0.2, -0.15) is 15.0 Å². The van der Waals surface area contributed by atoms with Crippen molar-refractivity contribution in [3.8, 4) is 0 Å². The van der Waals surface area contributed by atoms with Crippen LogP contribution in [0, 0.1) is 0 Å². The maximum Gasteiger partial charge on any atom is 0.235 e. The molecule has 0 aliphatic rings. The van der Waals surface area contributed by atoms with Crippen LogP contribution in [0.25, 0.3) is 0 Å². The predicted octanol–water partition coefficient (Wildman–Crippen LogP) is -2.05. The van der Waals surface area contributed by atoms with E-state index in [1.807, 2.05) is 0 Å². The van der Waals surface area contributed by atoms with Crippen molar-refractivity contribution in [1.82, 2.24) is 15.0 Å². The van der Waals surface area contributed by atoms with Crippen LogP contribution in [0.1, 0.15) is 0 Å². The smallest absolute Gasteiger partial charge is 0.235 e. The van der Waals surface area contributed by atoms with Crippen molar-refractivity contribution in [2.24, 2.45) is 0 Å². The van der Waals surface area contributed by atoms with E-state index in [4.69, 9.17) is 14.2 Å². The summed E-state index contributed by atoms with van der Waals surface area (Å²) in [6.07, 6.45) is 0. The van der Waals surface area contributed by atoms with Crippen molar-refractivity contribution >= 4 is 17.8 Å². The Kier molecular flexibility index (Phi) is 9.14. The van der Waals surface area contributed by atoms with Crippen molar-refractivity contribution in [3.63, 3.8) is 0 Å². The van der Waals surface area contributed by atoms with Crippen molar-refractivity contribution in [3.05, 3.63) is 0 Å². The van der Waals surface area contributed by atoms with Gasteiger partial charge >= 0.3 is 0 Å². The summed E-state index contributed by atoms with van der Waals surface area (Å²) in [6, 6.07) is 0. The summed E-state index contributed by atoms with van der Waals surface area (Å²) < 4.78 is 15.2. The van der Waals surface area contributed by atoms with Gasteiger partial charge in [0.05, 0.1) is 0 Å². The number of hydrogen-bond donors (Lipinski definition) is 3. The van der Waals surface area contributed by atoms with Crippen molar-refractivity contribution in [2.75, 3.05) is 76.4 Å². The molecule has 24 heavy (non-hydrogen) atoms. The van der Waals surface area contributed by atoms with Crippen LogP contribution in [0.15, 0.2) is 0 Å². The Morgan fingerprint density at radius 1 is 0.625 bits per heavy atom. The number of aliphatic hydroxyl groups excluding tert-OH is 3. The van der Waals surface area contributed by atoms with E-state index in [9.17, 15) is 15.3 Å². The van der Waals surface area contributed by atoms with Crippen LogP contribution in [-0.4, -0.2) is 92.0 Å². The summed E-state index contributed by atoms with van der Waals surface area (Å²) in [6.45, 7) is -1.10. The van der Waals surface area contributed by atoms with E-state index in [1.165, 1.54) is 26.2 Å². The Hall–Kier alpha value is -1.83. The van der Waals surface area contributed by atoms with Crippen LogP contribution in [0.2, 0.25) is 0 Å². The maximum absolute atomic E-state index is 9.46. The Morgan fingerprint density at radius 3 is 1.33 bits per heavy atom. The fourth-order valence-electron chi connectivity index (χ4n) is 1.72. The molecule has 12 heteroatoms. The quantitative estimate of drug-likeness (QED) is 0.359. The molecule has 3 N–H and O–H groups in total. The molecule has 0 aromatic carbocycles. The summed E-state index contributed by atoms with van der Waals surface area (Å²) in [7, 11) is 4.47. The molecule has 1 heterocycles. The lowest BCUT2D eigenvalue weighted by Crippen LogP contribution is -2.35. The Balaban J connectivity index is 3.31. The molecule has 0 spiro atoms. The first kappa shape index (κ1) is 20.2. The highest BCUT2D eigenvalue weighted by Crippen LogP contribution is 2.18. The van der Waals surface area contributed by atoms with Gasteiger partial charge in [0.2, 0.25) is 17.8 Å². The van der Waals surface area contributed by atoms with E-state index in [0.29, 0.717) is 0 Å². The van der Waals surface area contributed by atoms with Crippen LogP contribution in [0.5, 0.6) is 0 Å². The lowest BCUT2D eigenvalue weighted by molar-refractivity contribution is 0.138. The zero-order chi connectivity index (χ0) is 17.9. The SMILES string of the molecule is COCN(CO)c1nc(N(CO)CO)nc(N(COC)COC)n1. The molecule has 1 rings (SSSR count). The van der Waals surface area contributed by atoms with Gasteiger partial charge in [0.1, 0.15) is 40.4 Å². The number of aromatic nitrogens is 3. The third-order valence-corrected chi connectivity index (χ3v) is 2.82. The molecule has 0 aliphatic heterocycles. The summed E-state index contributed by atoms with van der Waals surface area (Å²) in [5, 5.41) is 28.1. The van der Waals surface area contributed by atoms with Gasteiger partial charge in [-0.1, -0.05) is 0 Å². The van der Waals surface area contributed by atoms with E-state index in [2.05, 4.69) is 15.0 Å². The molecular formula is C12H24N6O6. The topological polar surface area (TPSA) is 137 Å². The fourth-order valence-corrected chi connectivity index (χ4v) is 1.72. The van der Waals surface area contributed by atoms with Gasteiger partial charge in [-0.3, -0.25) is 14.7 Å². The van der Waals surface area contributed by atoms with Gasteiger partial charge in [-0.05, 0) is 0 Å². The van der Waals surface area contributed by atoms with Gasteiger partial charge in [0.25, 0.3) is 0 Å². The largest absolute Gasteiger partial charge is 0.376 e. The second-order valence-corrected chi connectivity index (χ2v) is 4.53. The van der Waals surface area contributed by atoms with Gasteiger partial charge in [0.15, 0.2) is 0 Å². The summed E-state index contributed by atoms with van der Waals surface area (Å²) in [4.78, 5) is 16.6. The number of rotatable bonds is 12. The minimum atomic E-state index is -0.503. The number of nitrogens with zero attached hydrogens (tertiary/aromatic N) is 6. The zero-order valence-electron chi connectivity index (χ0n) is 14.0. The van der Waals surface area contributed by atoms with Crippen LogP contribution in [0.3, 0.4) is 0 Å². The molecule has 0 saturated heterocycles. The highest BCUT2D eigenvalue weighted by Gasteiger charge is 2.19. The Bertz CT molecular complexity index is 471. The molecule has 0 saturated carbocycles. The highest BCUT2D eigenvalue weighted by atomic mass is 16.5. The van der Waals surface area contributed by atoms with Gasteiger partial charge in [0, 0.05) is 21.3 Å².